The summed E-state index contributed by atoms with van der Waals surface area (Å²) in [5.74, 6) is 0.0993. The highest BCUT2D eigenvalue weighted by atomic mass is 16.2. The van der Waals surface area contributed by atoms with Crippen molar-refractivity contribution in [3.8, 4) is 0 Å². The average molecular weight is 275 g/mol. The molecule has 4 heteroatoms. The average Bonchev–Trinajstić information content (AvgIpc) is 2.47. The van der Waals surface area contributed by atoms with Crippen molar-refractivity contribution < 1.29 is 4.79 Å². The molecule has 2 N–H and O–H groups in total. The Kier molecular flexibility index (Phi) is 5.41. The second-order valence-corrected chi connectivity index (χ2v) is 5.23. The fourth-order valence-corrected chi connectivity index (χ4v) is 2.75. The molecule has 0 spiro atoms. The van der Waals surface area contributed by atoms with E-state index in [2.05, 4.69) is 40.7 Å². The third-order valence-corrected chi connectivity index (χ3v) is 3.69. The van der Waals surface area contributed by atoms with Crippen molar-refractivity contribution in [2.75, 3.05) is 31.1 Å². The zero-order valence-corrected chi connectivity index (χ0v) is 12.5. The molecule has 20 heavy (non-hydrogen) atoms. The van der Waals surface area contributed by atoms with Crippen LogP contribution >= 0.6 is 0 Å². The van der Waals surface area contributed by atoms with Gasteiger partial charge >= 0.3 is 0 Å². The largest absolute Gasteiger partial charge is 0.362 e. The highest BCUT2D eigenvalue weighted by molar-refractivity contribution is 5.81. The van der Waals surface area contributed by atoms with E-state index in [1.54, 1.807) is 0 Å². The fraction of sp³-hybridized carbons (Fsp3) is 0.562. The van der Waals surface area contributed by atoms with E-state index in [0.29, 0.717) is 19.1 Å². The molecule has 0 fully saturated rings. The van der Waals surface area contributed by atoms with Gasteiger partial charge in [0.25, 0.3) is 0 Å². The quantitative estimate of drug-likeness (QED) is 0.835. The van der Waals surface area contributed by atoms with Crippen molar-refractivity contribution in [2.45, 2.75) is 32.7 Å². The highest BCUT2D eigenvalue weighted by Gasteiger charge is 2.25. The zero-order chi connectivity index (χ0) is 14.4. The van der Waals surface area contributed by atoms with Crippen molar-refractivity contribution in [3.05, 3.63) is 29.8 Å². The van der Waals surface area contributed by atoms with Crippen molar-refractivity contribution in [1.82, 2.24) is 10.6 Å². The van der Waals surface area contributed by atoms with E-state index in [0.717, 1.165) is 25.9 Å². The van der Waals surface area contributed by atoms with Crippen LogP contribution in [0.4, 0.5) is 5.69 Å². The van der Waals surface area contributed by atoms with E-state index >= 15 is 0 Å². The number of carbonyl (C=O) groups is 1. The Balaban J connectivity index is 2.12. The molecule has 1 unspecified atom stereocenters. The van der Waals surface area contributed by atoms with Crippen LogP contribution in [-0.4, -0.2) is 32.1 Å². The molecule has 1 amide bonds. The van der Waals surface area contributed by atoms with E-state index in [1.807, 2.05) is 13.0 Å². The summed E-state index contributed by atoms with van der Waals surface area (Å²) < 4.78 is 0. The van der Waals surface area contributed by atoms with Crippen LogP contribution < -0.4 is 15.5 Å². The van der Waals surface area contributed by atoms with Crippen LogP contribution in [0.5, 0.6) is 0 Å². The number of benzene rings is 1. The van der Waals surface area contributed by atoms with E-state index in [9.17, 15) is 4.79 Å². The van der Waals surface area contributed by atoms with Gasteiger partial charge in [-0.3, -0.25) is 4.79 Å². The number of hydrogen-bond donors (Lipinski definition) is 2. The summed E-state index contributed by atoms with van der Waals surface area (Å²) in [4.78, 5) is 14.0. The fourth-order valence-electron chi connectivity index (χ4n) is 2.75. The number of anilines is 1. The number of carbonyl (C=O) groups excluding carboxylic acids is 1. The molecule has 0 bridgehead atoms. The predicted octanol–water partition coefficient (Wildman–Crippen LogP) is 2.07. The summed E-state index contributed by atoms with van der Waals surface area (Å²) >= 11 is 0. The molecule has 110 valence electrons. The van der Waals surface area contributed by atoms with Gasteiger partial charge in [-0.05, 0) is 37.9 Å². The molecule has 1 aromatic rings. The minimum absolute atomic E-state index is 0.0993. The number of para-hydroxylation sites is 1. The van der Waals surface area contributed by atoms with Crippen molar-refractivity contribution in [3.63, 3.8) is 0 Å². The normalized spacial score (nSPS) is 17.7. The van der Waals surface area contributed by atoms with Gasteiger partial charge in [-0.25, -0.2) is 0 Å². The van der Waals surface area contributed by atoms with Gasteiger partial charge in [0.05, 0.1) is 6.54 Å². The zero-order valence-electron chi connectivity index (χ0n) is 12.5. The van der Waals surface area contributed by atoms with Crippen LogP contribution in [0.2, 0.25) is 0 Å². The summed E-state index contributed by atoms with van der Waals surface area (Å²) in [5, 5.41) is 6.47. The van der Waals surface area contributed by atoms with E-state index < -0.39 is 0 Å². The third-order valence-electron chi connectivity index (χ3n) is 3.69. The Labute approximate surface area is 121 Å². The smallest absolute Gasteiger partial charge is 0.239 e. The number of nitrogens with one attached hydrogen (secondary N) is 2. The summed E-state index contributed by atoms with van der Waals surface area (Å²) in [7, 11) is 0. The Bertz CT molecular complexity index is 447. The molecule has 2 rings (SSSR count). The van der Waals surface area contributed by atoms with Crippen LogP contribution in [-0.2, 0) is 4.79 Å². The Morgan fingerprint density at radius 2 is 2.15 bits per heavy atom. The molecule has 0 aromatic heterocycles. The van der Waals surface area contributed by atoms with E-state index in [4.69, 9.17) is 0 Å². The van der Waals surface area contributed by atoms with Crippen molar-refractivity contribution in [2.24, 2.45) is 0 Å². The van der Waals surface area contributed by atoms with Gasteiger partial charge < -0.3 is 15.5 Å². The number of likely N-dealkylation sites (N-methyl/N-ethyl adjacent to an activating group) is 1. The topological polar surface area (TPSA) is 44.4 Å². The van der Waals surface area contributed by atoms with Crippen molar-refractivity contribution in [1.29, 1.82) is 0 Å². The maximum absolute atomic E-state index is 11.8. The number of fused-ring (bicyclic) bond motifs is 1. The first kappa shape index (κ1) is 14.9. The van der Waals surface area contributed by atoms with Crippen LogP contribution in [0.25, 0.3) is 0 Å². The number of rotatable bonds is 6. The Hall–Kier alpha value is -1.55. The Morgan fingerprint density at radius 1 is 1.35 bits per heavy atom. The SMILES string of the molecule is CCCNC1CCN(CC(=O)NCC)c2ccccc21. The molecule has 0 saturated carbocycles. The molecular formula is C16H25N3O. The van der Waals surface area contributed by atoms with Gasteiger partial charge in [0.15, 0.2) is 0 Å². The van der Waals surface area contributed by atoms with Crippen LogP contribution in [0, 0.1) is 0 Å². The van der Waals surface area contributed by atoms with Gasteiger partial charge in [-0.2, -0.15) is 0 Å². The molecule has 0 aliphatic carbocycles. The number of hydrogen-bond acceptors (Lipinski definition) is 3. The van der Waals surface area contributed by atoms with E-state index in [-0.39, 0.29) is 5.91 Å². The molecule has 0 radical (unpaired) electrons. The molecular weight excluding hydrogens is 250 g/mol. The maximum Gasteiger partial charge on any atom is 0.239 e. The lowest BCUT2D eigenvalue weighted by atomic mass is 9.96. The van der Waals surface area contributed by atoms with Gasteiger partial charge in [0.2, 0.25) is 5.91 Å². The lowest BCUT2D eigenvalue weighted by molar-refractivity contribution is -0.119. The molecule has 1 heterocycles. The molecule has 1 aliphatic rings. The minimum atomic E-state index is 0.0993. The first-order chi connectivity index (χ1) is 9.76. The second-order valence-electron chi connectivity index (χ2n) is 5.23. The second kappa shape index (κ2) is 7.29. The Morgan fingerprint density at radius 3 is 2.90 bits per heavy atom. The predicted molar refractivity (Wildman–Crippen MR) is 83.0 cm³/mol. The van der Waals surface area contributed by atoms with Crippen molar-refractivity contribution >= 4 is 11.6 Å². The molecule has 4 nitrogen and oxygen atoms in total. The van der Waals surface area contributed by atoms with Gasteiger partial charge in [-0.1, -0.05) is 25.1 Å². The highest BCUT2D eigenvalue weighted by Crippen LogP contribution is 2.33. The lowest BCUT2D eigenvalue weighted by Crippen LogP contribution is -2.42. The summed E-state index contributed by atoms with van der Waals surface area (Å²) in [6.07, 6.45) is 2.19. The van der Waals surface area contributed by atoms with Crippen LogP contribution in [0.15, 0.2) is 24.3 Å². The monoisotopic (exact) mass is 275 g/mol. The third kappa shape index (κ3) is 3.51. The first-order valence-electron chi connectivity index (χ1n) is 7.60. The molecule has 0 saturated heterocycles. The first-order valence-corrected chi connectivity index (χ1v) is 7.60. The molecule has 1 atom stereocenters. The maximum atomic E-state index is 11.8. The lowest BCUT2D eigenvalue weighted by Gasteiger charge is -2.35. The van der Waals surface area contributed by atoms with E-state index in [1.165, 1.54) is 11.3 Å². The molecule has 1 aliphatic heterocycles. The van der Waals surface area contributed by atoms with Crippen LogP contribution in [0.1, 0.15) is 38.3 Å². The summed E-state index contributed by atoms with van der Waals surface area (Å²) in [6, 6.07) is 8.83. The number of nitrogens with zero attached hydrogens (tertiary/aromatic N) is 1. The summed E-state index contributed by atoms with van der Waals surface area (Å²) in [6.45, 7) is 7.24. The molecule has 1 aromatic carbocycles. The van der Waals surface area contributed by atoms with Gasteiger partial charge in [0, 0.05) is 24.8 Å². The minimum Gasteiger partial charge on any atom is -0.362 e. The van der Waals surface area contributed by atoms with Gasteiger partial charge in [0.1, 0.15) is 0 Å². The standard InChI is InChI=1S/C16H25N3O/c1-3-10-18-14-9-11-19(12-16(20)17-4-2)15-8-6-5-7-13(14)15/h5-8,14,18H,3-4,9-12H2,1-2H3,(H,17,20). The number of amides is 1. The van der Waals surface area contributed by atoms with Crippen LogP contribution in [0.3, 0.4) is 0 Å². The summed E-state index contributed by atoms with van der Waals surface area (Å²) in [5.41, 5.74) is 2.51. The van der Waals surface area contributed by atoms with Gasteiger partial charge in [-0.15, -0.1) is 0 Å².